The fourth-order valence-electron chi connectivity index (χ4n) is 1.86. The lowest BCUT2D eigenvalue weighted by Crippen LogP contribution is -2.11. The number of aliphatic hydroxyl groups excluding tert-OH is 1. The Kier molecular flexibility index (Phi) is 5.59. The summed E-state index contributed by atoms with van der Waals surface area (Å²) >= 11 is 17.9. The van der Waals surface area contributed by atoms with Gasteiger partial charge in [0.25, 0.3) is 0 Å². The second kappa shape index (κ2) is 7.23. The lowest BCUT2D eigenvalue weighted by atomic mass is 10.1. The highest BCUT2D eigenvalue weighted by atomic mass is 35.5. The molecule has 0 bridgehead atoms. The van der Waals surface area contributed by atoms with E-state index >= 15 is 0 Å². The summed E-state index contributed by atoms with van der Waals surface area (Å²) in [5.74, 6) is 0.874. The average Bonchev–Trinajstić information content (AvgIpc) is 2.45. The van der Waals surface area contributed by atoms with E-state index in [2.05, 4.69) is 0 Å². The zero-order chi connectivity index (χ0) is 15.4. The minimum Gasteiger partial charge on any atom is -0.496 e. The highest BCUT2D eigenvalue weighted by Gasteiger charge is 2.16. The van der Waals surface area contributed by atoms with Gasteiger partial charge in [0.2, 0.25) is 0 Å². The molecule has 1 N–H and O–H groups in total. The van der Waals surface area contributed by atoms with Crippen LogP contribution in [0.1, 0.15) is 11.7 Å². The van der Waals surface area contributed by atoms with Gasteiger partial charge < -0.3 is 14.6 Å². The van der Waals surface area contributed by atoms with Gasteiger partial charge in [0.1, 0.15) is 18.5 Å². The molecular weight excluding hydrogens is 335 g/mol. The first-order valence-electron chi connectivity index (χ1n) is 6.11. The number of benzene rings is 2. The van der Waals surface area contributed by atoms with Gasteiger partial charge in [-0.1, -0.05) is 53.0 Å². The molecule has 0 aliphatic heterocycles. The van der Waals surface area contributed by atoms with E-state index in [0.717, 1.165) is 0 Å². The van der Waals surface area contributed by atoms with Crippen molar-refractivity contribution in [2.45, 2.75) is 6.10 Å². The first-order valence-corrected chi connectivity index (χ1v) is 7.24. The van der Waals surface area contributed by atoms with Gasteiger partial charge in [0.15, 0.2) is 5.75 Å². The monoisotopic (exact) mass is 346 g/mol. The fourth-order valence-corrected chi connectivity index (χ4v) is 2.79. The van der Waals surface area contributed by atoms with Crippen molar-refractivity contribution in [1.82, 2.24) is 0 Å². The predicted octanol–water partition coefficient (Wildman–Crippen LogP) is 4.77. The Morgan fingerprint density at radius 1 is 1.10 bits per heavy atom. The van der Waals surface area contributed by atoms with E-state index in [9.17, 15) is 5.11 Å². The van der Waals surface area contributed by atoms with Crippen molar-refractivity contribution in [2.24, 2.45) is 0 Å². The molecule has 0 aromatic heterocycles. The maximum Gasteiger partial charge on any atom is 0.156 e. The number of halogens is 3. The summed E-state index contributed by atoms with van der Waals surface area (Å²) < 4.78 is 10.7. The van der Waals surface area contributed by atoms with Crippen LogP contribution in [-0.4, -0.2) is 18.8 Å². The highest BCUT2D eigenvalue weighted by Crippen LogP contribution is 2.36. The molecule has 2 aromatic rings. The molecule has 112 valence electrons. The summed E-state index contributed by atoms with van der Waals surface area (Å²) in [6, 6.07) is 10.2. The van der Waals surface area contributed by atoms with Crippen LogP contribution >= 0.6 is 34.8 Å². The molecule has 1 unspecified atom stereocenters. The number of methoxy groups -OCH3 is 1. The molecule has 0 fully saturated rings. The number of para-hydroxylation sites is 1. The number of hydrogen-bond acceptors (Lipinski definition) is 3. The van der Waals surface area contributed by atoms with Gasteiger partial charge in [-0.25, -0.2) is 0 Å². The zero-order valence-electron chi connectivity index (χ0n) is 11.1. The van der Waals surface area contributed by atoms with E-state index in [0.29, 0.717) is 26.4 Å². The Bertz CT molecular complexity index is 608. The second-order valence-electron chi connectivity index (χ2n) is 4.27. The van der Waals surface area contributed by atoms with Crippen molar-refractivity contribution in [3.8, 4) is 11.5 Å². The van der Waals surface area contributed by atoms with Crippen LogP contribution < -0.4 is 9.47 Å². The molecular formula is C15H13Cl3O3. The van der Waals surface area contributed by atoms with Gasteiger partial charge in [-0.3, -0.25) is 0 Å². The van der Waals surface area contributed by atoms with E-state index in [-0.39, 0.29) is 12.4 Å². The van der Waals surface area contributed by atoms with Crippen molar-refractivity contribution in [3.05, 3.63) is 57.0 Å². The molecule has 2 rings (SSSR count). The molecule has 0 spiro atoms. The molecule has 0 aliphatic rings. The lowest BCUT2D eigenvalue weighted by Gasteiger charge is -2.16. The lowest BCUT2D eigenvalue weighted by molar-refractivity contribution is 0.106. The smallest absolute Gasteiger partial charge is 0.156 e. The standard InChI is InChI=1S/C15H13Cl3O3/c1-20-14-5-3-2-4-10(14)13(19)8-21-15-11(17)6-9(16)7-12(15)18/h2-7,13,19H,8H2,1H3. The summed E-state index contributed by atoms with van der Waals surface area (Å²) in [5.41, 5.74) is 0.626. The molecule has 0 saturated carbocycles. The molecule has 0 radical (unpaired) electrons. The summed E-state index contributed by atoms with van der Waals surface area (Å²) in [7, 11) is 1.54. The Morgan fingerprint density at radius 3 is 2.33 bits per heavy atom. The Hall–Kier alpha value is -1.13. The number of rotatable bonds is 5. The third kappa shape index (κ3) is 3.95. The van der Waals surface area contributed by atoms with Crippen LogP contribution in [0.25, 0.3) is 0 Å². The highest BCUT2D eigenvalue weighted by molar-refractivity contribution is 6.40. The topological polar surface area (TPSA) is 38.7 Å². The summed E-state index contributed by atoms with van der Waals surface area (Å²) in [6.07, 6.45) is -0.871. The summed E-state index contributed by atoms with van der Waals surface area (Å²) in [6.45, 7) is -0.0125. The number of hydrogen-bond donors (Lipinski definition) is 1. The zero-order valence-corrected chi connectivity index (χ0v) is 13.4. The third-order valence-corrected chi connectivity index (χ3v) is 3.63. The molecule has 6 heteroatoms. The third-order valence-electron chi connectivity index (χ3n) is 2.85. The molecule has 0 aliphatic carbocycles. The van der Waals surface area contributed by atoms with Crippen LogP contribution in [0.5, 0.6) is 11.5 Å². The van der Waals surface area contributed by atoms with Crippen molar-refractivity contribution in [2.75, 3.05) is 13.7 Å². The van der Waals surface area contributed by atoms with Crippen molar-refractivity contribution < 1.29 is 14.6 Å². The summed E-state index contributed by atoms with van der Waals surface area (Å²) in [5, 5.41) is 11.2. The van der Waals surface area contributed by atoms with Crippen molar-refractivity contribution in [3.63, 3.8) is 0 Å². The Morgan fingerprint density at radius 2 is 1.71 bits per heavy atom. The van der Waals surface area contributed by atoms with Gasteiger partial charge in [0.05, 0.1) is 17.2 Å². The number of aliphatic hydroxyl groups is 1. The average molecular weight is 348 g/mol. The first kappa shape index (κ1) is 16.2. The van der Waals surface area contributed by atoms with Crippen LogP contribution in [0.3, 0.4) is 0 Å². The molecule has 0 amide bonds. The van der Waals surface area contributed by atoms with Gasteiger partial charge in [-0.15, -0.1) is 0 Å². The van der Waals surface area contributed by atoms with E-state index < -0.39 is 6.10 Å². The summed E-state index contributed by atoms with van der Waals surface area (Å²) in [4.78, 5) is 0. The molecule has 0 saturated heterocycles. The van der Waals surface area contributed by atoms with Crippen LogP contribution in [0, 0.1) is 0 Å². The quantitative estimate of drug-likeness (QED) is 0.847. The van der Waals surface area contributed by atoms with Gasteiger partial charge in [-0.2, -0.15) is 0 Å². The van der Waals surface area contributed by atoms with Crippen molar-refractivity contribution in [1.29, 1.82) is 0 Å². The minimum absolute atomic E-state index is 0.0125. The van der Waals surface area contributed by atoms with Crippen LogP contribution in [0.2, 0.25) is 15.1 Å². The fraction of sp³-hybridized carbons (Fsp3) is 0.200. The normalized spacial score (nSPS) is 12.0. The van der Waals surface area contributed by atoms with Crippen LogP contribution in [0.4, 0.5) is 0 Å². The molecule has 0 heterocycles. The first-order chi connectivity index (χ1) is 10.0. The second-order valence-corrected chi connectivity index (χ2v) is 5.52. The maximum atomic E-state index is 10.2. The molecule has 21 heavy (non-hydrogen) atoms. The van der Waals surface area contributed by atoms with E-state index in [4.69, 9.17) is 44.3 Å². The van der Waals surface area contributed by atoms with Gasteiger partial charge in [-0.05, 0) is 18.2 Å². The van der Waals surface area contributed by atoms with Gasteiger partial charge in [0, 0.05) is 10.6 Å². The van der Waals surface area contributed by atoms with Crippen LogP contribution in [-0.2, 0) is 0 Å². The Balaban J connectivity index is 2.13. The molecule has 1 atom stereocenters. The van der Waals surface area contributed by atoms with E-state index in [1.807, 2.05) is 12.1 Å². The minimum atomic E-state index is -0.871. The van der Waals surface area contributed by atoms with Crippen molar-refractivity contribution >= 4 is 34.8 Å². The Labute approximate surface area is 138 Å². The van der Waals surface area contributed by atoms with Crippen LogP contribution in [0.15, 0.2) is 36.4 Å². The molecule has 3 nitrogen and oxygen atoms in total. The van der Waals surface area contributed by atoms with E-state index in [1.165, 1.54) is 12.1 Å². The largest absolute Gasteiger partial charge is 0.496 e. The van der Waals surface area contributed by atoms with Gasteiger partial charge >= 0.3 is 0 Å². The number of ether oxygens (including phenoxy) is 2. The predicted molar refractivity (Wildman–Crippen MR) is 84.9 cm³/mol. The molecule has 2 aromatic carbocycles. The maximum absolute atomic E-state index is 10.2. The SMILES string of the molecule is COc1ccccc1C(O)COc1c(Cl)cc(Cl)cc1Cl. The van der Waals surface area contributed by atoms with E-state index in [1.54, 1.807) is 19.2 Å².